The van der Waals surface area contributed by atoms with Crippen LogP contribution in [-0.2, 0) is 9.59 Å². The van der Waals surface area contributed by atoms with E-state index in [0.717, 1.165) is 31.7 Å². The normalized spacial score (nSPS) is 14.9. The summed E-state index contributed by atoms with van der Waals surface area (Å²) in [5.41, 5.74) is 2.87. The van der Waals surface area contributed by atoms with Crippen LogP contribution in [0, 0.1) is 12.7 Å². The molecule has 176 valence electrons. The zero-order chi connectivity index (χ0) is 23.9. The van der Waals surface area contributed by atoms with Crippen molar-refractivity contribution in [3.63, 3.8) is 0 Å². The van der Waals surface area contributed by atoms with Crippen LogP contribution in [0.25, 0.3) is 0 Å². The number of pyridine rings is 1. The number of hydrogen-bond donors (Lipinski definition) is 2. The van der Waals surface area contributed by atoms with E-state index < -0.39 is 17.6 Å². The Kier molecular flexibility index (Phi) is 7.49. The molecule has 8 heteroatoms. The lowest BCUT2D eigenvalue weighted by molar-refractivity contribution is -0.136. The first-order valence-electron chi connectivity index (χ1n) is 11.3. The van der Waals surface area contributed by atoms with E-state index in [-0.39, 0.29) is 18.3 Å². The number of benzene rings is 2. The van der Waals surface area contributed by atoms with E-state index in [0.29, 0.717) is 5.56 Å². The molecule has 34 heavy (non-hydrogen) atoms. The van der Waals surface area contributed by atoms with Crippen LogP contribution in [0.4, 0.5) is 15.8 Å². The molecule has 7 nitrogen and oxygen atoms in total. The summed E-state index contributed by atoms with van der Waals surface area (Å²) >= 11 is 0. The highest BCUT2D eigenvalue weighted by molar-refractivity contribution is 6.39. The monoisotopic (exact) mass is 461 g/mol. The minimum Gasteiger partial charge on any atom is -0.369 e. The van der Waals surface area contributed by atoms with Crippen LogP contribution in [0.1, 0.15) is 17.2 Å². The molecule has 1 aliphatic heterocycles. The van der Waals surface area contributed by atoms with Crippen molar-refractivity contribution in [2.24, 2.45) is 0 Å². The maximum atomic E-state index is 13.7. The van der Waals surface area contributed by atoms with E-state index in [1.165, 1.54) is 11.8 Å². The van der Waals surface area contributed by atoms with Crippen molar-refractivity contribution in [3.05, 3.63) is 90.0 Å². The molecule has 1 aromatic heterocycles. The van der Waals surface area contributed by atoms with Crippen molar-refractivity contribution in [2.45, 2.75) is 13.0 Å². The van der Waals surface area contributed by atoms with E-state index in [1.807, 2.05) is 30.3 Å². The second-order valence-corrected chi connectivity index (χ2v) is 8.29. The van der Waals surface area contributed by atoms with Gasteiger partial charge in [0.15, 0.2) is 0 Å². The van der Waals surface area contributed by atoms with Gasteiger partial charge in [-0.1, -0.05) is 30.3 Å². The second-order valence-electron chi connectivity index (χ2n) is 8.29. The Morgan fingerprint density at radius 2 is 1.76 bits per heavy atom. The van der Waals surface area contributed by atoms with Crippen molar-refractivity contribution < 1.29 is 14.0 Å². The number of aryl methyl sites for hydroxylation is 1. The highest BCUT2D eigenvalue weighted by Crippen LogP contribution is 2.23. The van der Waals surface area contributed by atoms with E-state index in [2.05, 4.69) is 37.6 Å². The van der Waals surface area contributed by atoms with E-state index in [9.17, 15) is 14.0 Å². The zero-order valence-corrected chi connectivity index (χ0v) is 19.1. The molecular weight excluding hydrogens is 433 g/mol. The van der Waals surface area contributed by atoms with Crippen molar-refractivity contribution in [1.82, 2.24) is 15.2 Å². The van der Waals surface area contributed by atoms with Crippen LogP contribution >= 0.6 is 0 Å². The summed E-state index contributed by atoms with van der Waals surface area (Å²) in [7, 11) is 0. The Labute approximate surface area is 198 Å². The van der Waals surface area contributed by atoms with Gasteiger partial charge in [0.25, 0.3) is 0 Å². The fourth-order valence-electron chi connectivity index (χ4n) is 4.09. The van der Waals surface area contributed by atoms with Gasteiger partial charge in [-0.05, 0) is 48.4 Å². The van der Waals surface area contributed by atoms with Gasteiger partial charge in [0, 0.05) is 56.5 Å². The Morgan fingerprint density at radius 1 is 1.00 bits per heavy atom. The smallest absolute Gasteiger partial charge is 0.313 e. The van der Waals surface area contributed by atoms with Gasteiger partial charge >= 0.3 is 11.8 Å². The number of halogens is 1. The van der Waals surface area contributed by atoms with E-state index in [1.54, 1.807) is 31.5 Å². The van der Waals surface area contributed by atoms with Gasteiger partial charge in [0.2, 0.25) is 0 Å². The van der Waals surface area contributed by atoms with Gasteiger partial charge in [0.05, 0.1) is 6.04 Å². The quantitative estimate of drug-likeness (QED) is 0.552. The Hall–Kier alpha value is -3.78. The molecule has 4 rings (SSSR count). The van der Waals surface area contributed by atoms with E-state index >= 15 is 0 Å². The number of aromatic nitrogens is 1. The number of anilines is 2. The molecule has 2 N–H and O–H groups in total. The Bertz CT molecular complexity index is 1120. The van der Waals surface area contributed by atoms with Crippen LogP contribution in [0.3, 0.4) is 0 Å². The van der Waals surface area contributed by atoms with Crippen LogP contribution in [0.2, 0.25) is 0 Å². The molecule has 0 radical (unpaired) electrons. The van der Waals surface area contributed by atoms with Crippen molar-refractivity contribution in [3.8, 4) is 0 Å². The second kappa shape index (κ2) is 10.9. The maximum Gasteiger partial charge on any atom is 0.313 e. The Balaban J connectivity index is 1.38. The first kappa shape index (κ1) is 23.4. The molecule has 0 aliphatic carbocycles. The Morgan fingerprint density at radius 3 is 2.44 bits per heavy atom. The molecule has 2 amide bonds. The van der Waals surface area contributed by atoms with Crippen molar-refractivity contribution in [1.29, 1.82) is 0 Å². The molecule has 1 saturated heterocycles. The minimum absolute atomic E-state index is 0.125. The molecule has 2 aromatic carbocycles. The third-order valence-electron chi connectivity index (χ3n) is 6.04. The summed E-state index contributed by atoms with van der Waals surface area (Å²) < 4.78 is 13.7. The summed E-state index contributed by atoms with van der Waals surface area (Å²) in [5, 5.41) is 5.19. The highest BCUT2D eigenvalue weighted by Gasteiger charge is 2.27. The molecule has 1 atom stereocenters. The number of amides is 2. The molecule has 0 spiro atoms. The summed E-state index contributed by atoms with van der Waals surface area (Å²) in [6.45, 7) is 5.21. The number of piperazine rings is 1. The van der Waals surface area contributed by atoms with Gasteiger partial charge in [-0.2, -0.15) is 0 Å². The fraction of sp³-hybridized carbons (Fsp3) is 0.269. The van der Waals surface area contributed by atoms with Gasteiger partial charge < -0.3 is 15.5 Å². The van der Waals surface area contributed by atoms with Crippen molar-refractivity contribution >= 4 is 23.2 Å². The standard InChI is InChI=1S/C26H28FN5O2/c1-19-9-10-21(16-23(19)27)30-26(34)25(33)29-18-24(20-6-5-11-28-17-20)32-14-12-31(13-15-32)22-7-3-2-4-8-22/h2-11,16-17,24H,12-15,18H2,1H3,(H,29,33)(H,30,34)/t24-/m1/s1. The predicted molar refractivity (Wildman–Crippen MR) is 130 cm³/mol. The van der Waals surface area contributed by atoms with Gasteiger partial charge in [-0.25, -0.2) is 4.39 Å². The third-order valence-corrected chi connectivity index (χ3v) is 6.04. The lowest BCUT2D eigenvalue weighted by atomic mass is 10.1. The third kappa shape index (κ3) is 5.77. The van der Waals surface area contributed by atoms with Crippen LogP contribution < -0.4 is 15.5 Å². The number of para-hydroxylation sites is 1. The lowest BCUT2D eigenvalue weighted by Crippen LogP contribution is -2.50. The van der Waals surface area contributed by atoms with Gasteiger partial charge in [-0.3, -0.25) is 19.5 Å². The highest BCUT2D eigenvalue weighted by atomic mass is 19.1. The van der Waals surface area contributed by atoms with Gasteiger partial charge in [0.1, 0.15) is 5.82 Å². The molecular formula is C26H28FN5O2. The average molecular weight is 462 g/mol. The maximum absolute atomic E-state index is 13.7. The SMILES string of the molecule is Cc1ccc(NC(=O)C(=O)NC[C@H](c2cccnc2)N2CCN(c3ccccc3)CC2)cc1F. The number of nitrogens with one attached hydrogen (secondary N) is 2. The fourth-order valence-corrected chi connectivity index (χ4v) is 4.09. The molecule has 3 aromatic rings. The number of hydrogen-bond acceptors (Lipinski definition) is 5. The van der Waals surface area contributed by atoms with Crippen molar-refractivity contribution in [2.75, 3.05) is 42.9 Å². The molecule has 0 saturated carbocycles. The number of carbonyl (C=O) groups is 2. The molecule has 1 aliphatic rings. The summed E-state index contributed by atoms with van der Waals surface area (Å²) in [6, 6.07) is 18.3. The molecule has 0 bridgehead atoms. The number of carbonyl (C=O) groups excluding carboxylic acids is 2. The molecule has 1 fully saturated rings. The minimum atomic E-state index is -0.831. The summed E-state index contributed by atoms with van der Waals surface area (Å²) in [6.07, 6.45) is 3.50. The van der Waals surface area contributed by atoms with Gasteiger partial charge in [-0.15, -0.1) is 0 Å². The first-order valence-corrected chi connectivity index (χ1v) is 11.3. The predicted octanol–water partition coefficient (Wildman–Crippen LogP) is 3.15. The topological polar surface area (TPSA) is 77.6 Å². The first-order chi connectivity index (χ1) is 16.5. The van der Waals surface area contributed by atoms with Crippen LogP contribution in [0.15, 0.2) is 73.1 Å². The average Bonchev–Trinajstić information content (AvgIpc) is 2.88. The number of rotatable bonds is 6. The molecule has 2 heterocycles. The summed E-state index contributed by atoms with van der Waals surface area (Å²) in [4.78, 5) is 33.7. The van der Waals surface area contributed by atoms with Crippen LogP contribution in [0.5, 0.6) is 0 Å². The molecule has 0 unspecified atom stereocenters. The number of nitrogens with zero attached hydrogens (tertiary/aromatic N) is 3. The largest absolute Gasteiger partial charge is 0.369 e. The van der Waals surface area contributed by atoms with E-state index in [4.69, 9.17) is 0 Å². The lowest BCUT2D eigenvalue weighted by Gasteiger charge is -2.40. The summed E-state index contributed by atoms with van der Waals surface area (Å²) in [5.74, 6) is -2.04. The zero-order valence-electron chi connectivity index (χ0n) is 19.1. The van der Waals surface area contributed by atoms with Crippen LogP contribution in [-0.4, -0.2) is 54.4 Å².